The minimum Gasteiger partial charge on any atom is -0.354 e. The van der Waals surface area contributed by atoms with Gasteiger partial charge in [0.15, 0.2) is 0 Å². The largest absolute Gasteiger partial charge is 0.354 e. The maximum absolute atomic E-state index is 12.3. The van der Waals surface area contributed by atoms with Gasteiger partial charge in [0.2, 0.25) is 5.91 Å². The van der Waals surface area contributed by atoms with Gasteiger partial charge in [-0.15, -0.1) is 10.2 Å². The number of aromatic nitrogens is 3. The molecule has 0 aliphatic carbocycles. The summed E-state index contributed by atoms with van der Waals surface area (Å²) in [5.74, 6) is 0.657. The molecule has 1 amide bonds. The Labute approximate surface area is 120 Å². The second-order valence-electron chi connectivity index (χ2n) is 5.06. The third-order valence-corrected chi connectivity index (χ3v) is 3.44. The molecule has 0 spiro atoms. The molecule has 0 saturated carbocycles. The lowest BCUT2D eigenvalue weighted by molar-refractivity contribution is -0.128. The Morgan fingerprint density at radius 1 is 1.45 bits per heavy atom. The number of carbonyl (C=O) groups excluding carboxylic acids is 1. The van der Waals surface area contributed by atoms with Gasteiger partial charge >= 0.3 is 0 Å². The van der Waals surface area contributed by atoms with Crippen LogP contribution in [0.3, 0.4) is 0 Å². The van der Waals surface area contributed by atoms with Crippen LogP contribution in [0.25, 0.3) is 0 Å². The minimum absolute atomic E-state index is 0.161. The SMILES string of the molecule is CCCC(C#N)(CCC)C(=O)NCCc1nncn1C. The van der Waals surface area contributed by atoms with Gasteiger partial charge in [0.25, 0.3) is 0 Å². The molecule has 1 N–H and O–H groups in total. The molecule has 110 valence electrons. The van der Waals surface area contributed by atoms with Gasteiger partial charge in [-0.25, -0.2) is 0 Å². The fourth-order valence-corrected chi connectivity index (χ4v) is 2.36. The zero-order valence-electron chi connectivity index (χ0n) is 12.5. The van der Waals surface area contributed by atoms with Crippen LogP contribution in [-0.2, 0) is 18.3 Å². The van der Waals surface area contributed by atoms with Gasteiger partial charge in [-0.05, 0) is 12.8 Å². The molecule has 6 heteroatoms. The predicted molar refractivity (Wildman–Crippen MR) is 75.6 cm³/mol. The smallest absolute Gasteiger partial charge is 0.240 e. The Hall–Kier alpha value is -1.90. The second-order valence-corrected chi connectivity index (χ2v) is 5.06. The van der Waals surface area contributed by atoms with E-state index in [-0.39, 0.29) is 5.91 Å². The number of hydrogen-bond acceptors (Lipinski definition) is 4. The van der Waals surface area contributed by atoms with Gasteiger partial charge < -0.3 is 9.88 Å². The summed E-state index contributed by atoms with van der Waals surface area (Å²) in [6.45, 7) is 4.46. The lowest BCUT2D eigenvalue weighted by Crippen LogP contribution is -2.41. The van der Waals surface area contributed by atoms with E-state index in [4.69, 9.17) is 0 Å². The van der Waals surface area contributed by atoms with Crippen molar-refractivity contribution in [2.24, 2.45) is 12.5 Å². The molecule has 0 bridgehead atoms. The maximum atomic E-state index is 12.3. The summed E-state index contributed by atoms with van der Waals surface area (Å²) in [6, 6.07) is 2.23. The molecular formula is C14H23N5O. The quantitative estimate of drug-likeness (QED) is 0.782. The highest BCUT2D eigenvalue weighted by Crippen LogP contribution is 2.29. The number of nitrogens with zero attached hydrogens (tertiary/aromatic N) is 4. The van der Waals surface area contributed by atoms with Gasteiger partial charge in [0.1, 0.15) is 17.6 Å². The van der Waals surface area contributed by atoms with Crippen LogP contribution >= 0.6 is 0 Å². The normalized spacial score (nSPS) is 11.1. The highest BCUT2D eigenvalue weighted by molar-refractivity contribution is 5.85. The lowest BCUT2D eigenvalue weighted by atomic mass is 9.80. The average Bonchev–Trinajstić information content (AvgIpc) is 2.84. The molecule has 0 radical (unpaired) electrons. The van der Waals surface area contributed by atoms with E-state index >= 15 is 0 Å². The maximum Gasteiger partial charge on any atom is 0.240 e. The molecule has 0 aromatic carbocycles. The molecule has 0 saturated heterocycles. The molecule has 0 atom stereocenters. The minimum atomic E-state index is -0.886. The molecular weight excluding hydrogens is 254 g/mol. The molecule has 0 aliphatic rings. The first-order valence-corrected chi connectivity index (χ1v) is 7.12. The number of carbonyl (C=O) groups is 1. The molecule has 0 fully saturated rings. The van der Waals surface area contributed by atoms with Crippen LogP contribution < -0.4 is 5.32 Å². The summed E-state index contributed by atoms with van der Waals surface area (Å²) in [4.78, 5) is 12.3. The van der Waals surface area contributed by atoms with E-state index in [1.807, 2.05) is 25.5 Å². The van der Waals surface area contributed by atoms with E-state index in [1.165, 1.54) is 0 Å². The molecule has 20 heavy (non-hydrogen) atoms. The van der Waals surface area contributed by atoms with Crippen molar-refractivity contribution in [3.8, 4) is 6.07 Å². The van der Waals surface area contributed by atoms with Crippen LogP contribution in [0, 0.1) is 16.7 Å². The summed E-state index contributed by atoms with van der Waals surface area (Å²) < 4.78 is 1.82. The molecule has 1 aromatic rings. The first-order chi connectivity index (χ1) is 9.59. The fraction of sp³-hybridized carbons (Fsp3) is 0.714. The molecule has 0 unspecified atom stereocenters. The number of rotatable bonds is 8. The van der Waals surface area contributed by atoms with Crippen LogP contribution in [-0.4, -0.2) is 27.2 Å². The van der Waals surface area contributed by atoms with Crippen LogP contribution in [0.15, 0.2) is 6.33 Å². The summed E-state index contributed by atoms with van der Waals surface area (Å²) in [5, 5.41) is 20.0. The zero-order chi connectivity index (χ0) is 15.0. The Balaban J connectivity index is 2.58. The van der Waals surface area contributed by atoms with Crippen molar-refractivity contribution in [1.82, 2.24) is 20.1 Å². The van der Waals surface area contributed by atoms with E-state index in [1.54, 1.807) is 6.33 Å². The molecule has 6 nitrogen and oxygen atoms in total. The molecule has 0 aliphatic heterocycles. The molecule has 1 aromatic heterocycles. The lowest BCUT2D eigenvalue weighted by Gasteiger charge is -2.24. The van der Waals surface area contributed by atoms with Gasteiger partial charge in [-0.1, -0.05) is 26.7 Å². The Morgan fingerprint density at radius 2 is 2.10 bits per heavy atom. The van der Waals surface area contributed by atoms with Crippen molar-refractivity contribution in [2.45, 2.75) is 46.0 Å². The summed E-state index contributed by atoms with van der Waals surface area (Å²) >= 11 is 0. The van der Waals surface area contributed by atoms with Crippen LogP contribution in [0.1, 0.15) is 45.4 Å². The Bertz CT molecular complexity index is 468. The van der Waals surface area contributed by atoms with Crippen molar-refractivity contribution >= 4 is 5.91 Å². The first kappa shape index (κ1) is 16.2. The van der Waals surface area contributed by atoms with Crippen molar-refractivity contribution in [3.63, 3.8) is 0 Å². The third kappa shape index (κ3) is 3.80. The second kappa shape index (κ2) is 7.63. The number of nitriles is 1. The van der Waals surface area contributed by atoms with Gasteiger partial charge in [0, 0.05) is 20.0 Å². The van der Waals surface area contributed by atoms with E-state index in [0.29, 0.717) is 25.8 Å². The van der Waals surface area contributed by atoms with Gasteiger partial charge in [0.05, 0.1) is 6.07 Å². The highest BCUT2D eigenvalue weighted by Gasteiger charge is 2.36. The summed E-state index contributed by atoms with van der Waals surface area (Å²) in [6.07, 6.45) is 5.10. The third-order valence-electron chi connectivity index (χ3n) is 3.44. The summed E-state index contributed by atoms with van der Waals surface area (Å²) in [7, 11) is 1.87. The molecule has 1 rings (SSSR count). The molecule has 1 heterocycles. The van der Waals surface area contributed by atoms with Crippen molar-refractivity contribution in [3.05, 3.63) is 12.2 Å². The van der Waals surface area contributed by atoms with Crippen LogP contribution in [0.5, 0.6) is 0 Å². The predicted octanol–water partition coefficient (Wildman–Crippen LogP) is 1.58. The van der Waals surface area contributed by atoms with Gasteiger partial charge in [-0.3, -0.25) is 4.79 Å². The topological polar surface area (TPSA) is 83.6 Å². The first-order valence-electron chi connectivity index (χ1n) is 7.12. The van der Waals surface area contributed by atoms with Gasteiger partial charge in [-0.2, -0.15) is 5.26 Å². The van der Waals surface area contributed by atoms with Crippen molar-refractivity contribution < 1.29 is 4.79 Å². The van der Waals surface area contributed by atoms with Crippen LogP contribution in [0.2, 0.25) is 0 Å². The Kier molecular flexibility index (Phi) is 6.16. The standard InChI is InChI=1S/C14H23N5O/c1-4-7-14(10-15,8-5-2)13(20)16-9-6-12-18-17-11-19(12)3/h11H,4-9H2,1-3H3,(H,16,20). The highest BCUT2D eigenvalue weighted by atomic mass is 16.2. The number of hydrogen-bond donors (Lipinski definition) is 1. The van der Waals surface area contributed by atoms with E-state index in [2.05, 4.69) is 21.6 Å². The number of amides is 1. The monoisotopic (exact) mass is 277 g/mol. The number of nitrogens with one attached hydrogen (secondary N) is 1. The van der Waals surface area contributed by atoms with Crippen molar-refractivity contribution in [1.29, 1.82) is 5.26 Å². The fourth-order valence-electron chi connectivity index (χ4n) is 2.36. The summed E-state index contributed by atoms with van der Waals surface area (Å²) in [5.41, 5.74) is -0.886. The number of aryl methyl sites for hydroxylation is 1. The van der Waals surface area contributed by atoms with Crippen LogP contribution in [0.4, 0.5) is 0 Å². The van der Waals surface area contributed by atoms with E-state index in [0.717, 1.165) is 18.7 Å². The van der Waals surface area contributed by atoms with E-state index < -0.39 is 5.41 Å². The van der Waals surface area contributed by atoms with E-state index in [9.17, 15) is 10.1 Å². The Morgan fingerprint density at radius 3 is 2.55 bits per heavy atom. The average molecular weight is 277 g/mol. The van der Waals surface area contributed by atoms with Crippen molar-refractivity contribution in [2.75, 3.05) is 6.54 Å². The zero-order valence-corrected chi connectivity index (χ0v) is 12.5.